The van der Waals surface area contributed by atoms with Crippen molar-refractivity contribution in [2.45, 2.75) is 13.2 Å². The van der Waals surface area contributed by atoms with E-state index in [2.05, 4.69) is 10.5 Å². The molecule has 36 heavy (non-hydrogen) atoms. The number of halogens is 1. The van der Waals surface area contributed by atoms with Crippen LogP contribution in [0.4, 0.5) is 0 Å². The molecule has 1 N–H and O–H groups in total. The molecule has 4 rings (SSSR count). The fourth-order valence-corrected chi connectivity index (χ4v) is 3.49. The third-order valence-electron chi connectivity index (χ3n) is 5.25. The topological polar surface area (TPSA) is 69.2 Å². The maximum absolute atomic E-state index is 12.2. The van der Waals surface area contributed by atoms with Crippen molar-refractivity contribution in [3.63, 3.8) is 0 Å². The Morgan fingerprint density at radius 3 is 2.28 bits per heavy atom. The zero-order chi connectivity index (χ0) is 25.2. The third-order valence-corrected chi connectivity index (χ3v) is 5.51. The SMILES string of the molecule is COc1cc(COc2ccccc2/C=N/NC(=O)c2ccc(Cl)cc2)ccc1OCc1ccccc1. The predicted molar refractivity (Wildman–Crippen MR) is 141 cm³/mol. The summed E-state index contributed by atoms with van der Waals surface area (Å²) in [5, 5.41) is 4.63. The molecule has 0 unspecified atom stereocenters. The quantitative estimate of drug-likeness (QED) is 0.206. The first kappa shape index (κ1) is 24.8. The summed E-state index contributed by atoms with van der Waals surface area (Å²) in [5.74, 6) is 1.59. The molecule has 6 nitrogen and oxygen atoms in total. The molecule has 1 amide bonds. The van der Waals surface area contributed by atoms with Crippen molar-refractivity contribution < 1.29 is 19.0 Å². The molecule has 7 heteroatoms. The van der Waals surface area contributed by atoms with Gasteiger partial charge in [-0.3, -0.25) is 4.79 Å². The molecule has 0 heterocycles. The molecule has 0 aliphatic heterocycles. The molecular formula is C29H25ClN2O4. The molecule has 0 saturated heterocycles. The van der Waals surface area contributed by atoms with Gasteiger partial charge in [-0.25, -0.2) is 5.43 Å². The van der Waals surface area contributed by atoms with Crippen molar-refractivity contribution in [1.82, 2.24) is 5.43 Å². The van der Waals surface area contributed by atoms with Crippen molar-refractivity contribution in [2.24, 2.45) is 5.10 Å². The molecule has 4 aromatic carbocycles. The summed E-state index contributed by atoms with van der Waals surface area (Å²) in [4.78, 5) is 12.2. The van der Waals surface area contributed by atoms with E-state index in [0.717, 1.165) is 16.7 Å². The minimum atomic E-state index is -0.331. The van der Waals surface area contributed by atoms with Gasteiger partial charge in [0, 0.05) is 16.1 Å². The number of nitrogens with zero attached hydrogens (tertiary/aromatic N) is 1. The zero-order valence-corrected chi connectivity index (χ0v) is 20.4. The van der Waals surface area contributed by atoms with Crippen LogP contribution in [0.1, 0.15) is 27.0 Å². The number of hydrogen-bond acceptors (Lipinski definition) is 5. The van der Waals surface area contributed by atoms with E-state index in [-0.39, 0.29) is 5.91 Å². The van der Waals surface area contributed by atoms with E-state index in [4.69, 9.17) is 25.8 Å². The molecule has 0 aliphatic rings. The van der Waals surface area contributed by atoms with Gasteiger partial charge in [-0.15, -0.1) is 0 Å². The van der Waals surface area contributed by atoms with Crippen molar-refractivity contribution in [2.75, 3.05) is 7.11 Å². The van der Waals surface area contributed by atoms with Gasteiger partial charge in [0.15, 0.2) is 11.5 Å². The Morgan fingerprint density at radius 1 is 0.806 bits per heavy atom. The Balaban J connectivity index is 1.37. The Morgan fingerprint density at radius 2 is 1.50 bits per heavy atom. The summed E-state index contributed by atoms with van der Waals surface area (Å²) < 4.78 is 17.5. The number of rotatable bonds is 10. The van der Waals surface area contributed by atoms with Crippen LogP contribution in [0.3, 0.4) is 0 Å². The number of hydrogen-bond donors (Lipinski definition) is 1. The highest BCUT2D eigenvalue weighted by atomic mass is 35.5. The largest absolute Gasteiger partial charge is 0.493 e. The van der Waals surface area contributed by atoms with Gasteiger partial charge in [-0.1, -0.05) is 60.1 Å². The minimum absolute atomic E-state index is 0.317. The number of ether oxygens (including phenoxy) is 3. The van der Waals surface area contributed by atoms with E-state index in [0.29, 0.717) is 41.0 Å². The van der Waals surface area contributed by atoms with Gasteiger partial charge in [0.2, 0.25) is 0 Å². The second-order valence-corrected chi connectivity index (χ2v) is 8.23. The van der Waals surface area contributed by atoms with E-state index in [1.54, 1.807) is 37.6 Å². The molecule has 0 spiro atoms. The number of carbonyl (C=O) groups is 1. The summed E-state index contributed by atoms with van der Waals surface area (Å²) in [6.07, 6.45) is 1.55. The first-order chi connectivity index (χ1) is 17.6. The molecule has 4 aromatic rings. The highest BCUT2D eigenvalue weighted by Gasteiger charge is 2.09. The first-order valence-corrected chi connectivity index (χ1v) is 11.6. The Kier molecular flexibility index (Phi) is 8.57. The summed E-state index contributed by atoms with van der Waals surface area (Å²) in [6.45, 7) is 0.769. The number of hydrazone groups is 1. The highest BCUT2D eigenvalue weighted by Crippen LogP contribution is 2.29. The zero-order valence-electron chi connectivity index (χ0n) is 19.7. The Bertz CT molecular complexity index is 1320. The second kappa shape index (κ2) is 12.4. The van der Waals surface area contributed by atoms with Crippen molar-refractivity contribution in [3.05, 3.63) is 124 Å². The molecule has 0 fully saturated rings. The lowest BCUT2D eigenvalue weighted by molar-refractivity contribution is 0.0955. The van der Waals surface area contributed by atoms with Crippen LogP contribution in [0.15, 0.2) is 102 Å². The molecule has 182 valence electrons. The van der Waals surface area contributed by atoms with E-state index in [1.165, 1.54) is 0 Å². The van der Waals surface area contributed by atoms with E-state index >= 15 is 0 Å². The summed E-state index contributed by atoms with van der Waals surface area (Å²) >= 11 is 5.87. The third kappa shape index (κ3) is 6.87. The average Bonchev–Trinajstić information content (AvgIpc) is 2.92. The Labute approximate surface area is 215 Å². The van der Waals surface area contributed by atoms with Gasteiger partial charge in [0.05, 0.1) is 13.3 Å². The van der Waals surface area contributed by atoms with Crippen molar-refractivity contribution in [1.29, 1.82) is 0 Å². The number of para-hydroxylation sites is 1. The normalized spacial score (nSPS) is 10.7. The van der Waals surface area contributed by atoms with Crippen LogP contribution in [-0.4, -0.2) is 19.2 Å². The van der Waals surface area contributed by atoms with Crippen LogP contribution >= 0.6 is 11.6 Å². The van der Waals surface area contributed by atoms with E-state index in [1.807, 2.05) is 72.8 Å². The van der Waals surface area contributed by atoms with Crippen LogP contribution < -0.4 is 19.6 Å². The van der Waals surface area contributed by atoms with E-state index < -0.39 is 0 Å². The lowest BCUT2D eigenvalue weighted by Crippen LogP contribution is -2.17. The van der Waals surface area contributed by atoms with Gasteiger partial charge < -0.3 is 14.2 Å². The molecule has 0 radical (unpaired) electrons. The second-order valence-electron chi connectivity index (χ2n) is 7.79. The van der Waals surface area contributed by atoms with Gasteiger partial charge in [0.25, 0.3) is 5.91 Å². The number of benzene rings is 4. The standard InChI is InChI=1S/C29H25ClN2O4/c1-34-28-17-22(11-16-27(28)36-19-21-7-3-2-4-8-21)20-35-26-10-6-5-9-24(26)18-31-32-29(33)23-12-14-25(30)15-13-23/h2-18H,19-20H2,1H3,(H,32,33)/b31-18+. The molecule has 0 atom stereocenters. The van der Waals surface area contributed by atoms with Crippen LogP contribution in [-0.2, 0) is 13.2 Å². The summed E-state index contributed by atoms with van der Waals surface area (Å²) in [6, 6.07) is 29.7. The van der Waals surface area contributed by atoms with Gasteiger partial charge >= 0.3 is 0 Å². The predicted octanol–water partition coefficient (Wildman–Crippen LogP) is 6.27. The van der Waals surface area contributed by atoms with Crippen LogP contribution in [0.2, 0.25) is 5.02 Å². The number of carbonyl (C=O) groups excluding carboxylic acids is 1. The fraction of sp³-hybridized carbons (Fsp3) is 0.103. The molecule has 0 saturated carbocycles. The molecule has 0 aliphatic carbocycles. The highest BCUT2D eigenvalue weighted by molar-refractivity contribution is 6.30. The first-order valence-electron chi connectivity index (χ1n) is 11.3. The lowest BCUT2D eigenvalue weighted by atomic mass is 10.2. The number of methoxy groups -OCH3 is 1. The van der Waals surface area contributed by atoms with E-state index in [9.17, 15) is 4.79 Å². The molecule has 0 aromatic heterocycles. The van der Waals surface area contributed by atoms with Crippen LogP contribution in [0.5, 0.6) is 17.2 Å². The van der Waals surface area contributed by atoms with Crippen molar-refractivity contribution >= 4 is 23.7 Å². The lowest BCUT2D eigenvalue weighted by Gasteiger charge is -2.13. The maximum atomic E-state index is 12.2. The number of amides is 1. The average molecular weight is 501 g/mol. The summed E-state index contributed by atoms with van der Waals surface area (Å²) in [7, 11) is 1.61. The van der Waals surface area contributed by atoms with Crippen molar-refractivity contribution in [3.8, 4) is 17.2 Å². The fourth-order valence-electron chi connectivity index (χ4n) is 3.36. The van der Waals surface area contributed by atoms with Gasteiger partial charge in [-0.2, -0.15) is 5.10 Å². The monoisotopic (exact) mass is 500 g/mol. The molecular weight excluding hydrogens is 476 g/mol. The van der Waals surface area contributed by atoms with Gasteiger partial charge in [-0.05, 0) is 59.7 Å². The van der Waals surface area contributed by atoms with Crippen LogP contribution in [0, 0.1) is 0 Å². The Hall–Kier alpha value is -4.29. The van der Waals surface area contributed by atoms with Crippen LogP contribution in [0.25, 0.3) is 0 Å². The molecule has 0 bridgehead atoms. The number of nitrogens with one attached hydrogen (secondary N) is 1. The minimum Gasteiger partial charge on any atom is -0.493 e. The smallest absolute Gasteiger partial charge is 0.271 e. The maximum Gasteiger partial charge on any atom is 0.271 e. The van der Waals surface area contributed by atoms with Gasteiger partial charge in [0.1, 0.15) is 19.0 Å². The summed E-state index contributed by atoms with van der Waals surface area (Å²) in [5.41, 5.74) is 5.70.